The van der Waals surface area contributed by atoms with Crippen LogP contribution >= 0.6 is 0 Å². The van der Waals surface area contributed by atoms with Gasteiger partial charge in [0.05, 0.1) is 0 Å². The first-order valence-electron chi connectivity index (χ1n) is 4.89. The molecule has 14 heavy (non-hydrogen) atoms. The average Bonchev–Trinajstić information content (AvgIpc) is 2.46. The van der Waals surface area contributed by atoms with Gasteiger partial charge in [0.15, 0.2) is 0 Å². The van der Waals surface area contributed by atoms with Crippen molar-refractivity contribution in [1.29, 1.82) is 0 Å². The van der Waals surface area contributed by atoms with Crippen LogP contribution in [-0.2, 0) is 9.59 Å². The topological polar surface area (TPSA) is 75.4 Å². The van der Waals surface area contributed by atoms with Gasteiger partial charge in [0, 0.05) is 20.0 Å². The average molecular weight is 199 g/mol. The highest BCUT2D eigenvalue weighted by molar-refractivity contribution is 5.88. The van der Waals surface area contributed by atoms with Gasteiger partial charge < -0.3 is 16.0 Å². The number of nitrogens with zero attached hydrogens (tertiary/aromatic N) is 1. The van der Waals surface area contributed by atoms with Crippen LogP contribution in [0, 0.1) is 0 Å². The number of rotatable bonds is 4. The van der Waals surface area contributed by atoms with E-state index in [9.17, 15) is 9.59 Å². The number of hydrogen-bond donors (Lipinski definition) is 2. The zero-order chi connectivity index (χ0) is 10.6. The van der Waals surface area contributed by atoms with Crippen molar-refractivity contribution in [3.63, 3.8) is 0 Å². The van der Waals surface area contributed by atoms with Crippen molar-refractivity contribution in [2.24, 2.45) is 5.73 Å². The van der Waals surface area contributed by atoms with Crippen LogP contribution in [0.25, 0.3) is 0 Å². The van der Waals surface area contributed by atoms with Crippen molar-refractivity contribution in [2.75, 3.05) is 20.1 Å². The van der Waals surface area contributed by atoms with E-state index < -0.39 is 0 Å². The molecule has 1 saturated heterocycles. The second-order valence-corrected chi connectivity index (χ2v) is 3.56. The first-order chi connectivity index (χ1) is 6.65. The van der Waals surface area contributed by atoms with E-state index in [2.05, 4.69) is 5.32 Å². The second kappa shape index (κ2) is 4.95. The summed E-state index contributed by atoms with van der Waals surface area (Å²) in [6.45, 7) is 1.23. The Morgan fingerprint density at radius 2 is 2.43 bits per heavy atom. The Bertz CT molecular complexity index is 230. The van der Waals surface area contributed by atoms with Gasteiger partial charge in [-0.2, -0.15) is 0 Å². The van der Waals surface area contributed by atoms with Crippen LogP contribution in [0.5, 0.6) is 0 Å². The molecule has 1 fully saturated rings. The summed E-state index contributed by atoms with van der Waals surface area (Å²) >= 11 is 0. The number of likely N-dealkylation sites (N-methyl/N-ethyl adjacent to an activating group) is 1. The lowest BCUT2D eigenvalue weighted by Crippen LogP contribution is -2.40. The Labute approximate surface area is 83.6 Å². The van der Waals surface area contributed by atoms with Gasteiger partial charge in [-0.15, -0.1) is 0 Å². The molecule has 0 aromatic carbocycles. The molecule has 0 aromatic rings. The van der Waals surface area contributed by atoms with Gasteiger partial charge in [0.2, 0.25) is 11.8 Å². The lowest BCUT2D eigenvalue weighted by molar-refractivity contribution is -0.131. The summed E-state index contributed by atoms with van der Waals surface area (Å²) in [6.07, 6.45) is 1.79. The van der Waals surface area contributed by atoms with Gasteiger partial charge in [-0.1, -0.05) is 0 Å². The Kier molecular flexibility index (Phi) is 3.88. The first-order valence-corrected chi connectivity index (χ1v) is 4.89. The second-order valence-electron chi connectivity index (χ2n) is 3.56. The molecule has 0 aliphatic carbocycles. The van der Waals surface area contributed by atoms with Crippen LogP contribution in [0.2, 0.25) is 0 Å². The van der Waals surface area contributed by atoms with E-state index in [4.69, 9.17) is 5.73 Å². The summed E-state index contributed by atoms with van der Waals surface area (Å²) < 4.78 is 0. The summed E-state index contributed by atoms with van der Waals surface area (Å²) in [5, 5.41) is 2.71. The molecule has 0 bridgehead atoms. The quantitative estimate of drug-likeness (QED) is 0.614. The highest BCUT2D eigenvalue weighted by Gasteiger charge is 2.29. The first kappa shape index (κ1) is 11.0. The van der Waals surface area contributed by atoms with E-state index in [1.54, 1.807) is 11.9 Å². The monoisotopic (exact) mass is 199 g/mol. The molecule has 1 aliphatic heterocycles. The van der Waals surface area contributed by atoms with E-state index >= 15 is 0 Å². The molecule has 1 atom stereocenters. The maximum absolute atomic E-state index is 11.4. The largest absolute Gasteiger partial charge is 0.344 e. The van der Waals surface area contributed by atoms with Gasteiger partial charge in [0.1, 0.15) is 6.04 Å². The van der Waals surface area contributed by atoms with Crippen LogP contribution in [0.4, 0.5) is 0 Å². The lowest BCUT2D eigenvalue weighted by atomic mass is 10.2. The predicted molar refractivity (Wildman–Crippen MR) is 52.5 cm³/mol. The summed E-state index contributed by atoms with van der Waals surface area (Å²) in [7, 11) is 1.74. The van der Waals surface area contributed by atoms with Crippen LogP contribution in [0.1, 0.15) is 19.3 Å². The number of likely N-dealkylation sites (tertiary alicyclic amines) is 1. The number of amides is 2. The highest BCUT2D eigenvalue weighted by Crippen LogP contribution is 2.08. The van der Waals surface area contributed by atoms with Crippen molar-refractivity contribution in [1.82, 2.24) is 10.2 Å². The number of nitrogens with two attached hydrogens (primary N) is 1. The molecule has 1 aliphatic rings. The third-order valence-corrected chi connectivity index (χ3v) is 2.37. The molecular formula is C9H17N3O2. The molecule has 80 valence electrons. The van der Waals surface area contributed by atoms with Crippen molar-refractivity contribution < 1.29 is 9.59 Å². The Morgan fingerprint density at radius 1 is 1.71 bits per heavy atom. The van der Waals surface area contributed by atoms with E-state index in [0.29, 0.717) is 25.8 Å². The SMILES string of the molecule is CN1CCC(NC(=O)CCCN)C1=O. The molecule has 1 heterocycles. The van der Waals surface area contributed by atoms with E-state index in [1.165, 1.54) is 0 Å². The molecule has 2 amide bonds. The van der Waals surface area contributed by atoms with E-state index in [1.807, 2.05) is 0 Å². The van der Waals surface area contributed by atoms with Gasteiger partial charge >= 0.3 is 0 Å². The zero-order valence-corrected chi connectivity index (χ0v) is 8.45. The number of carbonyl (C=O) groups is 2. The Hall–Kier alpha value is -1.10. The standard InChI is InChI=1S/C9H17N3O2/c1-12-6-4-7(9(12)14)11-8(13)3-2-5-10/h7H,2-6,10H2,1H3,(H,11,13). The van der Waals surface area contributed by atoms with Crippen molar-refractivity contribution >= 4 is 11.8 Å². The van der Waals surface area contributed by atoms with Crippen LogP contribution < -0.4 is 11.1 Å². The Morgan fingerprint density at radius 3 is 2.93 bits per heavy atom. The predicted octanol–water partition coefficient (Wildman–Crippen LogP) is -0.928. The lowest BCUT2D eigenvalue weighted by Gasteiger charge is -2.11. The molecule has 3 N–H and O–H groups in total. The van der Waals surface area contributed by atoms with Crippen LogP contribution in [-0.4, -0.2) is 42.9 Å². The summed E-state index contributed by atoms with van der Waals surface area (Å²) in [5.41, 5.74) is 5.28. The van der Waals surface area contributed by atoms with Gasteiger partial charge in [-0.05, 0) is 19.4 Å². The number of carbonyl (C=O) groups excluding carboxylic acids is 2. The van der Waals surface area contributed by atoms with Crippen molar-refractivity contribution in [3.8, 4) is 0 Å². The maximum Gasteiger partial charge on any atom is 0.244 e. The summed E-state index contributed by atoms with van der Waals surface area (Å²) in [6, 6.07) is -0.315. The molecular weight excluding hydrogens is 182 g/mol. The minimum atomic E-state index is -0.315. The third kappa shape index (κ3) is 2.70. The van der Waals surface area contributed by atoms with Gasteiger partial charge in [-0.3, -0.25) is 9.59 Å². The summed E-state index contributed by atoms with van der Waals surface area (Å²) in [5.74, 6) is -0.0739. The fourth-order valence-electron chi connectivity index (χ4n) is 1.49. The Balaban J connectivity index is 2.30. The number of nitrogens with one attached hydrogen (secondary N) is 1. The molecule has 1 unspecified atom stereocenters. The van der Waals surface area contributed by atoms with E-state index in [0.717, 1.165) is 6.54 Å². The zero-order valence-electron chi connectivity index (χ0n) is 8.45. The molecule has 0 radical (unpaired) electrons. The van der Waals surface area contributed by atoms with Crippen molar-refractivity contribution in [3.05, 3.63) is 0 Å². The molecule has 5 nitrogen and oxygen atoms in total. The van der Waals surface area contributed by atoms with Gasteiger partial charge in [0.25, 0.3) is 0 Å². The molecule has 1 rings (SSSR count). The smallest absolute Gasteiger partial charge is 0.244 e. The molecule has 0 aromatic heterocycles. The fourth-order valence-corrected chi connectivity index (χ4v) is 1.49. The van der Waals surface area contributed by atoms with Gasteiger partial charge in [-0.25, -0.2) is 0 Å². The van der Waals surface area contributed by atoms with Crippen LogP contribution in [0.3, 0.4) is 0 Å². The third-order valence-electron chi connectivity index (χ3n) is 2.37. The molecule has 5 heteroatoms. The maximum atomic E-state index is 11.4. The normalized spacial score (nSPS) is 21.4. The molecule has 0 spiro atoms. The molecule has 0 saturated carbocycles. The van der Waals surface area contributed by atoms with E-state index in [-0.39, 0.29) is 17.9 Å². The highest BCUT2D eigenvalue weighted by atomic mass is 16.2. The van der Waals surface area contributed by atoms with Crippen molar-refractivity contribution in [2.45, 2.75) is 25.3 Å². The number of hydrogen-bond acceptors (Lipinski definition) is 3. The minimum absolute atomic E-state index is 0.00565. The van der Waals surface area contributed by atoms with Crippen LogP contribution in [0.15, 0.2) is 0 Å². The summed E-state index contributed by atoms with van der Waals surface area (Å²) in [4.78, 5) is 24.3. The fraction of sp³-hybridized carbons (Fsp3) is 0.778. The minimum Gasteiger partial charge on any atom is -0.344 e.